The van der Waals surface area contributed by atoms with Crippen LogP contribution in [0, 0.1) is 0 Å². The van der Waals surface area contributed by atoms with Gasteiger partial charge in [-0.2, -0.15) is 0 Å². The van der Waals surface area contributed by atoms with Gasteiger partial charge in [0.05, 0.1) is 79.3 Å². The van der Waals surface area contributed by atoms with Crippen LogP contribution in [0.25, 0.3) is 62.7 Å². The number of ether oxygens (including phenoxy) is 25. The fraction of sp³-hybridized carbons (Fsp3) is 0.543. The van der Waals surface area contributed by atoms with Crippen molar-refractivity contribution < 1.29 is 147 Å². The largest absolute Gasteiger partial charge is 0.459 e. The molecule has 0 spiro atoms. The van der Waals surface area contributed by atoms with E-state index >= 15 is 0 Å². The molecule has 0 bridgehead atoms. The van der Waals surface area contributed by atoms with E-state index < -0.39 is 246 Å². The molecular weight excluding hydrogens is 1850 g/mol. The number of carbonyl (C=O) groups is 6. The molecule has 0 radical (unpaired) electrons. The molecule has 141 heavy (non-hydrogen) atoms. The Morgan fingerprint density at radius 2 is 0.390 bits per heavy atom. The first-order valence-corrected chi connectivity index (χ1v) is 44.8. The number of hydrogen-bond acceptors (Lipinski definition) is 37. The van der Waals surface area contributed by atoms with Crippen molar-refractivity contribution in [1.29, 1.82) is 0 Å². The average Bonchev–Trinajstić information content (AvgIpc) is 0.776. The van der Waals surface area contributed by atoms with E-state index in [1.165, 1.54) is 14.2 Å². The summed E-state index contributed by atoms with van der Waals surface area (Å²) in [5, 5.41) is 24.5. The predicted molar refractivity (Wildman–Crippen MR) is 482 cm³/mol. The van der Waals surface area contributed by atoms with Crippen LogP contribution in [-0.2, 0) is 187 Å². The van der Waals surface area contributed by atoms with E-state index in [4.69, 9.17) is 118 Å². The Morgan fingerprint density at radius 1 is 0.234 bits per heavy atom. The first-order chi connectivity index (χ1) is 68.5. The minimum absolute atomic E-state index is 0.00264. The summed E-state index contributed by atoms with van der Waals surface area (Å²) in [7, 11) is 2.55. The smallest absolute Gasteiger partial charge is 0.303 e. The number of benzene rings is 6. The fourth-order valence-electron chi connectivity index (χ4n) is 17.0. The molecule has 6 aliphatic heterocycles. The summed E-state index contributed by atoms with van der Waals surface area (Å²) < 4.78 is 162. The van der Waals surface area contributed by atoms with Crippen molar-refractivity contribution in [2.45, 2.75) is 265 Å². The van der Waals surface area contributed by atoms with Crippen molar-refractivity contribution in [2.24, 2.45) is 30.7 Å². The molecule has 6 aliphatic rings. The fourth-order valence-corrected chi connectivity index (χ4v) is 17.0. The second-order valence-electron chi connectivity index (χ2n) is 32.8. The Kier molecular flexibility index (Phi) is 41.7. The molecule has 6 aromatic rings. The summed E-state index contributed by atoms with van der Waals surface area (Å²) in [5.41, 5.74) is 67.7. The maximum Gasteiger partial charge on any atom is 0.303 e. The van der Waals surface area contributed by atoms with E-state index in [0.29, 0.717) is 22.3 Å². The summed E-state index contributed by atoms with van der Waals surface area (Å²) in [6.45, 7) is 2.76. The quantitative estimate of drug-likeness (QED) is 0.0113. The maximum atomic E-state index is 14.2. The van der Waals surface area contributed by atoms with Gasteiger partial charge in [0.25, 0.3) is 0 Å². The number of azide groups is 6. The van der Waals surface area contributed by atoms with Crippen molar-refractivity contribution in [3.63, 3.8) is 0 Å². The third kappa shape index (κ3) is 30.2. The molecule has 6 heterocycles. The number of nitrogens with zero attached hydrogens (tertiary/aromatic N) is 18. The second kappa shape index (κ2) is 54.9. The van der Waals surface area contributed by atoms with E-state index in [2.05, 4.69) is 60.2 Å². The van der Waals surface area contributed by atoms with Crippen molar-refractivity contribution >= 4 is 35.8 Å². The molecule has 0 aromatic heterocycles. The summed E-state index contributed by atoms with van der Waals surface area (Å²) in [5.74, 6) is -5.93. The third-order valence-electron chi connectivity index (χ3n) is 22.9. The van der Waals surface area contributed by atoms with Crippen LogP contribution < -0.4 is 0 Å². The number of carbonyl (C=O) groups excluding carboxylic acids is 6. The highest BCUT2D eigenvalue weighted by atomic mass is 16.8. The highest BCUT2D eigenvalue weighted by Crippen LogP contribution is 2.44. The van der Waals surface area contributed by atoms with Crippen molar-refractivity contribution in [3.05, 3.63) is 278 Å². The van der Waals surface area contributed by atoms with Gasteiger partial charge in [0.2, 0.25) is 0 Å². The number of rotatable bonds is 48. The zero-order valence-electron chi connectivity index (χ0n) is 77.8. The molecule has 6 saturated heterocycles. The van der Waals surface area contributed by atoms with Gasteiger partial charge in [0, 0.05) is 85.2 Å². The van der Waals surface area contributed by atoms with E-state index in [9.17, 15) is 62.0 Å². The normalized spacial score (nSPS) is 30.6. The molecule has 6 fully saturated rings. The van der Waals surface area contributed by atoms with Crippen LogP contribution in [0.5, 0.6) is 0 Å². The summed E-state index contributed by atoms with van der Waals surface area (Å²) >= 11 is 0. The molecule has 752 valence electrons. The summed E-state index contributed by atoms with van der Waals surface area (Å²) in [6, 6.07) is 42.1. The van der Waals surface area contributed by atoms with Crippen LogP contribution in [0.2, 0.25) is 0 Å². The van der Waals surface area contributed by atoms with Crippen LogP contribution in [-0.4, -0.2) is 274 Å². The molecule has 0 unspecified atom stereocenters. The molecule has 49 nitrogen and oxygen atoms in total. The lowest BCUT2D eigenvalue weighted by molar-refractivity contribution is -0.369. The zero-order chi connectivity index (χ0) is 100. The van der Waals surface area contributed by atoms with E-state index in [1.54, 1.807) is 152 Å². The minimum atomic E-state index is -2.12. The molecule has 12 rings (SSSR count). The van der Waals surface area contributed by atoms with Crippen molar-refractivity contribution in [3.8, 4) is 0 Å². The van der Waals surface area contributed by atoms with Gasteiger partial charge in [0.15, 0.2) is 37.7 Å². The second-order valence-corrected chi connectivity index (χ2v) is 32.8. The lowest BCUT2D eigenvalue weighted by Crippen LogP contribution is -2.68. The Hall–Kier alpha value is -12.8. The topological polar surface area (TPSA) is 626 Å². The van der Waals surface area contributed by atoms with Crippen LogP contribution in [0.3, 0.4) is 0 Å². The molecule has 49 heteroatoms. The van der Waals surface area contributed by atoms with Crippen LogP contribution in [0.15, 0.2) is 213 Å². The third-order valence-corrected chi connectivity index (χ3v) is 22.9. The SMILES string of the molecule is CO[C@H]1O[C@H](COCc2ccccc2)[C@H](O[C@H]2O[C@H](COCc3ccccc3)[C@H](O[C@H]3O[C@H](COCc4ccccc4)[C@H](O[C@H]4O[C@H](COCc5ccccc5)[C@H](O[C@H]5O[C@H](COCc6ccccc6)[C@H](O[C@H]6O[C@H](COCc7ccccc7)[C@H](OC)[C@H](OC(C)=O)[C@H]6N=[N+]=[N-])[C@H](OC(C)=O)[C@H]5N=[N+]=[N-])[C@H](OC(C)=O)[C@H]4N=[N+]=[N-])[C@H](OC(C)=O)[C@H]3N=[N+]=[N-])[C@H](OC(C)=O)[C@H]2N=[N+]=[N-])[C@H](OC(C)=O)[C@H]1N=[N+]=[N-]. The van der Waals surface area contributed by atoms with E-state index in [1.807, 2.05) is 30.3 Å². The predicted octanol–water partition coefficient (Wildman–Crippen LogP) is 11.9. The average molecular weight is 1960 g/mol. The number of methoxy groups -OCH3 is 2. The molecular formula is C92H108N18O31. The van der Waals surface area contributed by atoms with Crippen molar-refractivity contribution in [2.75, 3.05) is 53.9 Å². The Bertz CT molecular complexity index is 5220. The molecule has 30 atom stereocenters. The van der Waals surface area contributed by atoms with Gasteiger partial charge in [-0.3, -0.25) is 28.8 Å². The lowest BCUT2D eigenvalue weighted by Gasteiger charge is -2.51. The summed E-state index contributed by atoms with van der Waals surface area (Å²) in [4.78, 5) is 101. The maximum absolute atomic E-state index is 14.2. The van der Waals surface area contributed by atoms with Gasteiger partial charge in [0.1, 0.15) is 146 Å². The molecule has 0 saturated carbocycles. The van der Waals surface area contributed by atoms with Gasteiger partial charge in [-0.1, -0.05) is 213 Å². The Labute approximate surface area is 807 Å². The Morgan fingerprint density at radius 3 is 0.546 bits per heavy atom. The first kappa shape index (κ1) is 107. The molecule has 0 N–H and O–H groups in total. The Balaban J connectivity index is 0.937. The summed E-state index contributed by atoms with van der Waals surface area (Å²) in [6.07, 6.45) is -41.8. The van der Waals surface area contributed by atoms with Crippen LogP contribution >= 0.6 is 0 Å². The van der Waals surface area contributed by atoms with E-state index in [-0.39, 0.29) is 52.9 Å². The van der Waals surface area contributed by atoms with Gasteiger partial charge >= 0.3 is 35.8 Å². The minimum Gasteiger partial charge on any atom is -0.459 e. The van der Waals surface area contributed by atoms with Crippen molar-refractivity contribution in [1.82, 2.24) is 0 Å². The van der Waals surface area contributed by atoms with Gasteiger partial charge in [-0.15, -0.1) is 0 Å². The first-order valence-electron chi connectivity index (χ1n) is 44.8. The standard InChI is InChI=1S/C92H108N18O31/c1-51(111)125-81-70(100-106-94)88(132-63(75(81)117-7)45-119-39-57-27-15-9-16-28-57)138-77-65(47-121-41-59-31-19-11-20-32-59)134-90(72(102-108-96)83(77)127-53(3)113)140-79-67(49-123-43-61-35-23-13-24-36-61)136-92(74(104-110-98)85(79)129-55(5)115)141-80-68(50-124-44-62-37-25-14-26-38-62)135-91(73(103-109-97)86(80)130-56(6)116)139-78-66(48-122-42-60-33-21-12-22-34-60)133-89(71(101-107-95)84(78)128-54(4)114)137-76-64(46-120-40-58-29-17-10-18-30-58)131-87(118-8)69(99-105-93)82(76)126-52(2)112/h9-38,63-92H,39-50H2,1-8H3/t63-,64-,65-,66-,67-,68-,69-,70-,71-,72-,73-,74-,75+,76+,77+,78+,79+,80+,81-,82-,83-,84-,85-,86-,87+,88-,89-,90-,91-,92-/m1/s1. The molecule has 0 amide bonds. The number of hydrogen-bond donors (Lipinski definition) is 0. The molecule has 0 aliphatic carbocycles. The number of esters is 6. The highest BCUT2D eigenvalue weighted by molar-refractivity contribution is 5.68. The van der Waals surface area contributed by atoms with Gasteiger partial charge < -0.3 is 118 Å². The van der Waals surface area contributed by atoms with Crippen LogP contribution in [0.1, 0.15) is 74.9 Å². The van der Waals surface area contributed by atoms with Gasteiger partial charge in [-0.05, 0) is 66.6 Å². The lowest BCUT2D eigenvalue weighted by atomic mass is 9.93. The van der Waals surface area contributed by atoms with E-state index in [0.717, 1.165) is 52.7 Å². The molecule has 6 aromatic carbocycles. The van der Waals surface area contributed by atoms with Crippen LogP contribution in [0.4, 0.5) is 0 Å². The zero-order valence-corrected chi connectivity index (χ0v) is 77.8. The highest BCUT2D eigenvalue weighted by Gasteiger charge is 2.62. The monoisotopic (exact) mass is 1960 g/mol. The van der Waals surface area contributed by atoms with Gasteiger partial charge in [-0.25, -0.2) is 0 Å².